The highest BCUT2D eigenvalue weighted by Crippen LogP contribution is 2.44. The molecule has 2 fully saturated rings. The van der Waals surface area contributed by atoms with E-state index >= 15 is 0 Å². The number of nitrogens with zero attached hydrogens (tertiary/aromatic N) is 4. The van der Waals surface area contributed by atoms with Gasteiger partial charge >= 0.3 is 0 Å². The first kappa shape index (κ1) is 17.5. The molecule has 2 aliphatic carbocycles. The number of hydrogen-bond donors (Lipinski definition) is 2. The van der Waals surface area contributed by atoms with Crippen LogP contribution in [-0.4, -0.2) is 33.3 Å². The van der Waals surface area contributed by atoms with Crippen molar-refractivity contribution in [1.82, 2.24) is 25.4 Å². The number of aromatic nitrogens is 3. The summed E-state index contributed by atoms with van der Waals surface area (Å²) in [4.78, 5) is 6.14. The van der Waals surface area contributed by atoms with Gasteiger partial charge in [0.2, 0.25) is 0 Å². The van der Waals surface area contributed by atoms with Gasteiger partial charge in [-0.25, -0.2) is 4.99 Å². The lowest BCUT2D eigenvalue weighted by molar-refractivity contribution is 0.387. The lowest BCUT2D eigenvalue weighted by Crippen LogP contribution is -2.46. The first-order chi connectivity index (χ1) is 12.8. The van der Waals surface area contributed by atoms with E-state index in [2.05, 4.69) is 49.8 Å². The van der Waals surface area contributed by atoms with E-state index in [4.69, 9.17) is 4.99 Å². The molecule has 2 aliphatic rings. The van der Waals surface area contributed by atoms with Crippen molar-refractivity contribution in [3.8, 4) is 0 Å². The minimum Gasteiger partial charge on any atom is -0.355 e. The Bertz CT molecular complexity index is 722. The van der Waals surface area contributed by atoms with Gasteiger partial charge < -0.3 is 15.2 Å². The standard InChI is InChI=1S/C19H28N6S/c1-2-18-24-22-13-25(18)8-7-20-19(21-12-16-4-3-9-26-16)23-17-11-14-5-6-15(17)10-14/h3-4,9,13-15,17H,2,5-8,10-12H2,1H3,(H2,20,21,23). The van der Waals surface area contributed by atoms with E-state index in [0.29, 0.717) is 6.04 Å². The van der Waals surface area contributed by atoms with Crippen molar-refractivity contribution in [2.75, 3.05) is 6.54 Å². The highest BCUT2D eigenvalue weighted by molar-refractivity contribution is 7.09. The highest BCUT2D eigenvalue weighted by atomic mass is 32.1. The SMILES string of the molecule is CCc1nncn1CCNC(=NCc1cccs1)NC1CC2CCC1C2. The highest BCUT2D eigenvalue weighted by Gasteiger charge is 2.39. The van der Waals surface area contributed by atoms with Crippen molar-refractivity contribution in [1.29, 1.82) is 0 Å². The molecule has 140 valence electrons. The van der Waals surface area contributed by atoms with Gasteiger partial charge in [0.25, 0.3) is 0 Å². The molecule has 0 amide bonds. The van der Waals surface area contributed by atoms with Gasteiger partial charge in [-0.3, -0.25) is 0 Å². The molecule has 2 aromatic heterocycles. The summed E-state index contributed by atoms with van der Waals surface area (Å²) in [5.41, 5.74) is 0. The first-order valence-electron chi connectivity index (χ1n) is 9.75. The molecule has 0 saturated heterocycles. The predicted molar refractivity (Wildman–Crippen MR) is 105 cm³/mol. The second kappa shape index (κ2) is 8.20. The molecule has 2 aromatic rings. The minimum absolute atomic E-state index is 0.587. The maximum Gasteiger partial charge on any atom is 0.191 e. The van der Waals surface area contributed by atoms with Crippen LogP contribution in [0, 0.1) is 11.8 Å². The van der Waals surface area contributed by atoms with Crippen molar-refractivity contribution < 1.29 is 0 Å². The largest absolute Gasteiger partial charge is 0.355 e. The number of aliphatic imine (C=N–C) groups is 1. The van der Waals surface area contributed by atoms with Crippen LogP contribution in [0.2, 0.25) is 0 Å². The average Bonchev–Trinajstić information content (AvgIpc) is 3.44. The molecular weight excluding hydrogens is 344 g/mol. The molecule has 0 aliphatic heterocycles. The van der Waals surface area contributed by atoms with Crippen LogP contribution in [0.5, 0.6) is 0 Å². The maximum atomic E-state index is 4.84. The average molecular weight is 373 g/mol. The monoisotopic (exact) mass is 372 g/mol. The Labute approximate surface area is 159 Å². The van der Waals surface area contributed by atoms with Crippen LogP contribution in [0.25, 0.3) is 0 Å². The molecule has 26 heavy (non-hydrogen) atoms. The number of nitrogens with one attached hydrogen (secondary N) is 2. The zero-order chi connectivity index (χ0) is 17.8. The molecular formula is C19H28N6S. The summed E-state index contributed by atoms with van der Waals surface area (Å²) in [7, 11) is 0. The van der Waals surface area contributed by atoms with E-state index in [1.54, 1.807) is 11.3 Å². The Morgan fingerprint density at radius 2 is 2.35 bits per heavy atom. The quantitative estimate of drug-likeness (QED) is 0.579. The molecule has 0 aromatic carbocycles. The van der Waals surface area contributed by atoms with Crippen molar-refractivity contribution >= 4 is 17.3 Å². The van der Waals surface area contributed by atoms with Crippen LogP contribution < -0.4 is 10.6 Å². The van der Waals surface area contributed by atoms with Crippen LogP contribution in [-0.2, 0) is 19.5 Å². The Hall–Kier alpha value is -1.89. The summed E-state index contributed by atoms with van der Waals surface area (Å²) in [6, 6.07) is 4.82. The second-order valence-corrected chi connectivity index (χ2v) is 8.42. The summed E-state index contributed by atoms with van der Waals surface area (Å²) in [6.07, 6.45) is 8.22. The molecule has 7 heteroatoms. The van der Waals surface area contributed by atoms with Crippen molar-refractivity contribution in [2.24, 2.45) is 16.8 Å². The Kier molecular flexibility index (Phi) is 5.53. The van der Waals surface area contributed by atoms with Crippen molar-refractivity contribution in [2.45, 2.75) is 58.2 Å². The lowest BCUT2D eigenvalue weighted by Gasteiger charge is -2.25. The van der Waals surface area contributed by atoms with Crippen LogP contribution in [0.1, 0.15) is 43.3 Å². The van der Waals surface area contributed by atoms with E-state index in [1.807, 2.05) is 6.33 Å². The third kappa shape index (κ3) is 4.09. The second-order valence-electron chi connectivity index (χ2n) is 7.39. The summed E-state index contributed by atoms with van der Waals surface area (Å²) in [5, 5.41) is 17.5. The topological polar surface area (TPSA) is 67.1 Å². The fourth-order valence-corrected chi connectivity index (χ4v) is 4.97. The third-order valence-electron chi connectivity index (χ3n) is 5.69. The zero-order valence-corrected chi connectivity index (χ0v) is 16.2. The number of guanidine groups is 1. The molecule has 4 rings (SSSR count). The summed E-state index contributed by atoms with van der Waals surface area (Å²) in [5.74, 6) is 3.74. The number of hydrogen-bond acceptors (Lipinski definition) is 4. The van der Waals surface area contributed by atoms with E-state index in [9.17, 15) is 0 Å². The number of aryl methyl sites for hydroxylation is 1. The van der Waals surface area contributed by atoms with Crippen molar-refractivity contribution in [3.05, 3.63) is 34.5 Å². The van der Waals surface area contributed by atoms with Gasteiger partial charge in [0.15, 0.2) is 5.96 Å². The summed E-state index contributed by atoms with van der Waals surface area (Å²) in [6.45, 7) is 4.52. The minimum atomic E-state index is 0.587. The molecule has 0 spiro atoms. The van der Waals surface area contributed by atoms with Gasteiger partial charge in [-0.15, -0.1) is 21.5 Å². The Morgan fingerprint density at radius 3 is 3.08 bits per heavy atom. The van der Waals surface area contributed by atoms with Gasteiger partial charge in [0, 0.05) is 30.4 Å². The molecule has 2 bridgehead atoms. The van der Waals surface area contributed by atoms with E-state index in [0.717, 1.165) is 49.7 Å². The van der Waals surface area contributed by atoms with Gasteiger partial charge in [-0.1, -0.05) is 19.4 Å². The molecule has 2 saturated carbocycles. The van der Waals surface area contributed by atoms with Gasteiger partial charge in [-0.05, 0) is 42.5 Å². The van der Waals surface area contributed by atoms with Gasteiger partial charge in [0.05, 0.1) is 6.54 Å². The van der Waals surface area contributed by atoms with Gasteiger partial charge in [0.1, 0.15) is 12.2 Å². The Balaban J connectivity index is 1.36. The smallest absolute Gasteiger partial charge is 0.191 e. The molecule has 0 radical (unpaired) electrons. The number of fused-ring (bicyclic) bond motifs is 2. The predicted octanol–water partition coefficient (Wildman–Crippen LogP) is 2.83. The normalized spacial score (nSPS) is 25.0. The first-order valence-corrected chi connectivity index (χ1v) is 10.6. The molecule has 2 heterocycles. The summed E-state index contributed by atoms with van der Waals surface area (Å²) >= 11 is 1.76. The van der Waals surface area contributed by atoms with Crippen LogP contribution in [0.3, 0.4) is 0 Å². The van der Waals surface area contributed by atoms with Crippen LogP contribution in [0.15, 0.2) is 28.8 Å². The van der Waals surface area contributed by atoms with Crippen LogP contribution >= 0.6 is 11.3 Å². The van der Waals surface area contributed by atoms with E-state index in [1.165, 1.54) is 30.6 Å². The lowest BCUT2D eigenvalue weighted by atomic mass is 9.95. The van der Waals surface area contributed by atoms with Gasteiger partial charge in [-0.2, -0.15) is 0 Å². The fourth-order valence-electron chi connectivity index (χ4n) is 4.34. The molecule has 2 N–H and O–H groups in total. The maximum absolute atomic E-state index is 4.84. The molecule has 3 unspecified atom stereocenters. The number of rotatable bonds is 7. The van der Waals surface area contributed by atoms with E-state index < -0.39 is 0 Å². The fraction of sp³-hybridized carbons (Fsp3) is 0.632. The Morgan fingerprint density at radius 1 is 1.38 bits per heavy atom. The third-order valence-corrected chi connectivity index (χ3v) is 6.55. The number of thiophene rings is 1. The van der Waals surface area contributed by atoms with E-state index in [-0.39, 0.29) is 0 Å². The van der Waals surface area contributed by atoms with Crippen molar-refractivity contribution in [3.63, 3.8) is 0 Å². The molecule has 6 nitrogen and oxygen atoms in total. The van der Waals surface area contributed by atoms with Crippen LogP contribution in [0.4, 0.5) is 0 Å². The summed E-state index contributed by atoms with van der Waals surface area (Å²) < 4.78 is 2.11. The zero-order valence-electron chi connectivity index (χ0n) is 15.4. The molecule has 3 atom stereocenters.